The van der Waals surface area contributed by atoms with E-state index in [0.717, 1.165) is 22.6 Å². The molecular formula is C21H21N7OS2. The zero-order valence-electron chi connectivity index (χ0n) is 16.8. The first-order valence-electron chi connectivity index (χ1n) is 9.64. The highest BCUT2D eigenvalue weighted by Crippen LogP contribution is 2.27. The SMILES string of the molecule is CNc1cc(-c2nnc(NC(=O)C(Cc3ccccc3)NCc3cscn3)s2)ccn1. The van der Waals surface area contributed by atoms with Gasteiger partial charge in [-0.15, -0.1) is 21.5 Å². The molecule has 3 heterocycles. The van der Waals surface area contributed by atoms with Crippen molar-refractivity contribution in [3.05, 3.63) is 70.8 Å². The van der Waals surface area contributed by atoms with E-state index in [1.807, 2.05) is 54.9 Å². The molecule has 1 atom stereocenters. The van der Waals surface area contributed by atoms with E-state index in [-0.39, 0.29) is 5.91 Å². The number of carbonyl (C=O) groups is 1. The molecule has 1 unspecified atom stereocenters. The molecule has 158 valence electrons. The van der Waals surface area contributed by atoms with E-state index in [1.54, 1.807) is 11.7 Å². The van der Waals surface area contributed by atoms with Gasteiger partial charge in [0.05, 0.1) is 17.2 Å². The molecule has 0 aliphatic rings. The van der Waals surface area contributed by atoms with Gasteiger partial charge < -0.3 is 5.32 Å². The highest BCUT2D eigenvalue weighted by Gasteiger charge is 2.21. The van der Waals surface area contributed by atoms with Gasteiger partial charge in [0.25, 0.3) is 0 Å². The van der Waals surface area contributed by atoms with Crippen molar-refractivity contribution < 1.29 is 4.79 Å². The third-order valence-electron chi connectivity index (χ3n) is 4.53. The standard InChI is InChI=1S/C21H21N7OS2/c1-22-18-10-15(7-8-23-18)20-27-28-21(31-20)26-19(29)17(9-14-5-3-2-4-6-14)24-11-16-12-30-13-25-16/h2-8,10,12-13,17,24H,9,11H2,1H3,(H,22,23)(H,26,28,29). The summed E-state index contributed by atoms with van der Waals surface area (Å²) in [6, 6.07) is 13.2. The number of amides is 1. The Balaban J connectivity index is 1.46. The smallest absolute Gasteiger partial charge is 0.243 e. The first-order valence-corrected chi connectivity index (χ1v) is 11.4. The highest BCUT2D eigenvalue weighted by atomic mass is 32.1. The van der Waals surface area contributed by atoms with E-state index in [4.69, 9.17) is 0 Å². The van der Waals surface area contributed by atoms with E-state index in [0.29, 0.717) is 23.1 Å². The summed E-state index contributed by atoms with van der Waals surface area (Å²) in [4.78, 5) is 21.5. The number of hydrogen-bond donors (Lipinski definition) is 3. The van der Waals surface area contributed by atoms with Crippen LogP contribution in [0, 0.1) is 0 Å². The number of aromatic nitrogens is 4. The van der Waals surface area contributed by atoms with Crippen molar-refractivity contribution in [3.63, 3.8) is 0 Å². The van der Waals surface area contributed by atoms with Gasteiger partial charge in [-0.2, -0.15) is 0 Å². The fourth-order valence-electron chi connectivity index (χ4n) is 2.94. The van der Waals surface area contributed by atoms with Crippen LogP contribution < -0.4 is 16.0 Å². The van der Waals surface area contributed by atoms with Crippen molar-refractivity contribution in [1.82, 2.24) is 25.5 Å². The van der Waals surface area contributed by atoms with Crippen LogP contribution >= 0.6 is 22.7 Å². The van der Waals surface area contributed by atoms with Crippen LogP contribution in [0.5, 0.6) is 0 Å². The van der Waals surface area contributed by atoms with Gasteiger partial charge in [0.1, 0.15) is 10.8 Å². The predicted octanol–water partition coefficient (Wildman–Crippen LogP) is 3.44. The van der Waals surface area contributed by atoms with Crippen molar-refractivity contribution in [1.29, 1.82) is 0 Å². The van der Waals surface area contributed by atoms with Gasteiger partial charge >= 0.3 is 0 Å². The second-order valence-corrected chi connectivity index (χ2v) is 8.38. The molecule has 31 heavy (non-hydrogen) atoms. The Bertz CT molecular complexity index is 1120. The predicted molar refractivity (Wildman–Crippen MR) is 124 cm³/mol. The molecule has 0 radical (unpaired) electrons. The Morgan fingerprint density at radius 3 is 2.77 bits per heavy atom. The average Bonchev–Trinajstić information content (AvgIpc) is 3.49. The molecule has 4 rings (SSSR count). The summed E-state index contributed by atoms with van der Waals surface area (Å²) in [5, 5.41) is 20.7. The van der Waals surface area contributed by atoms with Gasteiger partial charge in [0.15, 0.2) is 0 Å². The molecule has 3 N–H and O–H groups in total. The summed E-state index contributed by atoms with van der Waals surface area (Å²) in [5.41, 5.74) is 4.65. The van der Waals surface area contributed by atoms with Crippen molar-refractivity contribution in [2.75, 3.05) is 17.7 Å². The molecule has 3 aromatic heterocycles. The molecule has 0 saturated heterocycles. The van der Waals surface area contributed by atoms with Crippen LogP contribution in [0.25, 0.3) is 10.6 Å². The van der Waals surface area contributed by atoms with Gasteiger partial charge in [-0.25, -0.2) is 9.97 Å². The molecule has 1 amide bonds. The Kier molecular flexibility index (Phi) is 6.92. The Labute approximate surface area is 187 Å². The first kappa shape index (κ1) is 21.0. The maximum atomic E-state index is 13.1. The Morgan fingerprint density at radius 2 is 2.00 bits per heavy atom. The monoisotopic (exact) mass is 451 g/mol. The number of nitrogens with zero attached hydrogens (tertiary/aromatic N) is 4. The van der Waals surface area contributed by atoms with Gasteiger partial charge in [-0.3, -0.25) is 15.4 Å². The minimum absolute atomic E-state index is 0.160. The third kappa shape index (κ3) is 5.69. The van der Waals surface area contributed by atoms with E-state index < -0.39 is 6.04 Å². The molecule has 0 fully saturated rings. The molecule has 4 aromatic rings. The van der Waals surface area contributed by atoms with Crippen molar-refractivity contribution in [2.45, 2.75) is 19.0 Å². The average molecular weight is 452 g/mol. The van der Waals surface area contributed by atoms with Gasteiger partial charge in [-0.1, -0.05) is 41.7 Å². The highest BCUT2D eigenvalue weighted by molar-refractivity contribution is 7.18. The second kappa shape index (κ2) is 10.2. The molecule has 0 spiro atoms. The zero-order chi connectivity index (χ0) is 21.5. The summed E-state index contributed by atoms with van der Waals surface area (Å²) in [6.45, 7) is 0.513. The van der Waals surface area contributed by atoms with E-state index in [9.17, 15) is 4.79 Å². The molecule has 0 bridgehead atoms. The second-order valence-electron chi connectivity index (χ2n) is 6.68. The van der Waals surface area contributed by atoms with Crippen LogP contribution in [0.1, 0.15) is 11.3 Å². The zero-order valence-corrected chi connectivity index (χ0v) is 18.4. The van der Waals surface area contributed by atoms with Crippen molar-refractivity contribution >= 4 is 39.5 Å². The molecule has 0 aliphatic heterocycles. The number of thiazole rings is 1. The topological polar surface area (TPSA) is 105 Å². The summed E-state index contributed by atoms with van der Waals surface area (Å²) in [7, 11) is 1.81. The van der Waals surface area contributed by atoms with Crippen molar-refractivity contribution in [3.8, 4) is 10.6 Å². The lowest BCUT2D eigenvalue weighted by atomic mass is 10.1. The third-order valence-corrected chi connectivity index (χ3v) is 6.05. The van der Waals surface area contributed by atoms with Gasteiger partial charge in [0.2, 0.25) is 11.0 Å². The van der Waals surface area contributed by atoms with Crippen LogP contribution in [0.2, 0.25) is 0 Å². The van der Waals surface area contributed by atoms with E-state index in [2.05, 4.69) is 36.1 Å². The number of hydrogen-bond acceptors (Lipinski definition) is 9. The van der Waals surface area contributed by atoms with Crippen LogP contribution in [0.4, 0.5) is 10.9 Å². The fourth-order valence-corrected chi connectivity index (χ4v) is 4.24. The van der Waals surface area contributed by atoms with Crippen LogP contribution in [-0.2, 0) is 17.8 Å². The van der Waals surface area contributed by atoms with Crippen LogP contribution in [0.15, 0.2) is 59.6 Å². The maximum Gasteiger partial charge on any atom is 0.243 e. The molecular weight excluding hydrogens is 430 g/mol. The Hall–Kier alpha value is -3.21. The molecule has 1 aromatic carbocycles. The number of pyridine rings is 1. The lowest BCUT2D eigenvalue weighted by Gasteiger charge is -2.17. The quantitative estimate of drug-likeness (QED) is 0.358. The molecule has 0 aliphatic carbocycles. The number of benzene rings is 1. The summed E-state index contributed by atoms with van der Waals surface area (Å²) >= 11 is 2.86. The number of anilines is 2. The lowest BCUT2D eigenvalue weighted by Crippen LogP contribution is -2.41. The Morgan fingerprint density at radius 1 is 1.13 bits per heavy atom. The normalized spacial score (nSPS) is 11.8. The fraction of sp³-hybridized carbons (Fsp3) is 0.190. The molecule has 0 saturated carbocycles. The summed E-state index contributed by atoms with van der Waals surface area (Å²) in [5.74, 6) is 0.583. The summed E-state index contributed by atoms with van der Waals surface area (Å²) < 4.78 is 0. The lowest BCUT2D eigenvalue weighted by molar-refractivity contribution is -0.118. The first-order chi connectivity index (χ1) is 15.2. The van der Waals surface area contributed by atoms with Gasteiger partial charge in [0, 0.05) is 30.7 Å². The largest absolute Gasteiger partial charge is 0.373 e. The molecule has 8 nitrogen and oxygen atoms in total. The summed E-state index contributed by atoms with van der Waals surface area (Å²) in [6.07, 6.45) is 2.26. The number of nitrogens with one attached hydrogen (secondary N) is 3. The van der Waals surface area contributed by atoms with E-state index >= 15 is 0 Å². The van der Waals surface area contributed by atoms with Crippen LogP contribution in [0.3, 0.4) is 0 Å². The van der Waals surface area contributed by atoms with Gasteiger partial charge in [-0.05, 0) is 24.1 Å². The van der Waals surface area contributed by atoms with E-state index in [1.165, 1.54) is 22.7 Å². The number of carbonyl (C=O) groups excluding carboxylic acids is 1. The minimum atomic E-state index is -0.437. The van der Waals surface area contributed by atoms with Crippen molar-refractivity contribution in [2.24, 2.45) is 0 Å². The maximum absolute atomic E-state index is 13.1. The molecule has 10 heteroatoms. The minimum Gasteiger partial charge on any atom is -0.373 e. The number of rotatable bonds is 9. The van der Waals surface area contributed by atoms with Crippen LogP contribution in [-0.4, -0.2) is 39.2 Å².